The number of aromatic hydroxyl groups is 1. The van der Waals surface area contributed by atoms with E-state index in [4.69, 9.17) is 4.74 Å². The number of ether oxygens (including phenoxy) is 1. The van der Waals surface area contributed by atoms with Crippen LogP contribution in [0.1, 0.15) is 23.2 Å². The number of carboxylic acid groups (broad SMARTS) is 1. The van der Waals surface area contributed by atoms with E-state index < -0.39 is 17.3 Å². The Morgan fingerprint density at radius 1 is 1.33 bits per heavy atom. The zero-order valence-corrected chi connectivity index (χ0v) is 12.9. The number of rotatable bonds is 4. The van der Waals surface area contributed by atoms with Gasteiger partial charge >= 0.3 is 5.97 Å². The number of benzene rings is 1. The molecule has 2 rings (SSSR count). The molecule has 1 amide bonds. The SMILES string of the molecule is O=C(NCC1(C(=O)O)CCOCC1)c1ccc(Br)c(O)c1. The molecule has 0 aromatic heterocycles. The van der Waals surface area contributed by atoms with E-state index in [-0.39, 0.29) is 17.9 Å². The van der Waals surface area contributed by atoms with Gasteiger partial charge in [0.25, 0.3) is 5.91 Å². The van der Waals surface area contributed by atoms with Gasteiger partial charge in [-0.3, -0.25) is 9.59 Å². The number of phenols is 1. The highest BCUT2D eigenvalue weighted by Gasteiger charge is 2.40. The van der Waals surface area contributed by atoms with Gasteiger partial charge in [0.05, 0.1) is 9.89 Å². The average Bonchev–Trinajstić information content (AvgIpc) is 2.48. The van der Waals surface area contributed by atoms with Gasteiger partial charge in [0.2, 0.25) is 0 Å². The lowest BCUT2D eigenvalue weighted by Crippen LogP contribution is -2.46. The van der Waals surface area contributed by atoms with Crippen LogP contribution < -0.4 is 5.32 Å². The predicted octanol–water partition coefficient (Wildman–Crippen LogP) is 1.77. The van der Waals surface area contributed by atoms with E-state index in [0.29, 0.717) is 30.5 Å². The lowest BCUT2D eigenvalue weighted by atomic mass is 9.80. The molecule has 1 aromatic rings. The van der Waals surface area contributed by atoms with E-state index in [0.717, 1.165) is 0 Å². The minimum Gasteiger partial charge on any atom is -0.507 e. The van der Waals surface area contributed by atoms with Crippen molar-refractivity contribution < 1.29 is 24.5 Å². The number of nitrogens with one attached hydrogen (secondary N) is 1. The molecule has 1 saturated heterocycles. The van der Waals surface area contributed by atoms with Gasteiger partial charge in [0, 0.05) is 25.3 Å². The van der Waals surface area contributed by atoms with Crippen molar-refractivity contribution in [2.75, 3.05) is 19.8 Å². The molecule has 0 aliphatic carbocycles. The molecule has 21 heavy (non-hydrogen) atoms. The Morgan fingerprint density at radius 3 is 2.57 bits per heavy atom. The molecular formula is C14H16BrNO5. The Bertz CT molecular complexity index is 554. The molecule has 0 saturated carbocycles. The first-order chi connectivity index (χ1) is 9.94. The summed E-state index contributed by atoms with van der Waals surface area (Å²) in [6, 6.07) is 4.44. The lowest BCUT2D eigenvalue weighted by Gasteiger charge is -2.33. The maximum absolute atomic E-state index is 12.1. The van der Waals surface area contributed by atoms with Crippen molar-refractivity contribution in [2.24, 2.45) is 5.41 Å². The minimum absolute atomic E-state index is 0.0401. The molecule has 1 heterocycles. The number of phenolic OH excluding ortho intramolecular Hbond substituents is 1. The van der Waals surface area contributed by atoms with Gasteiger partial charge < -0.3 is 20.3 Å². The smallest absolute Gasteiger partial charge is 0.311 e. The number of carbonyl (C=O) groups is 2. The van der Waals surface area contributed by atoms with E-state index in [1.54, 1.807) is 12.1 Å². The molecular weight excluding hydrogens is 342 g/mol. The van der Waals surface area contributed by atoms with Crippen LogP contribution in [0.4, 0.5) is 0 Å². The number of hydrogen-bond donors (Lipinski definition) is 3. The first-order valence-electron chi connectivity index (χ1n) is 6.52. The monoisotopic (exact) mass is 357 g/mol. The Balaban J connectivity index is 2.05. The largest absolute Gasteiger partial charge is 0.507 e. The summed E-state index contributed by atoms with van der Waals surface area (Å²) in [7, 11) is 0. The first-order valence-corrected chi connectivity index (χ1v) is 7.32. The predicted molar refractivity (Wildman–Crippen MR) is 78.3 cm³/mol. The summed E-state index contributed by atoms with van der Waals surface area (Å²) in [6.45, 7) is 0.795. The maximum Gasteiger partial charge on any atom is 0.311 e. The summed E-state index contributed by atoms with van der Waals surface area (Å²) >= 11 is 3.13. The van der Waals surface area contributed by atoms with Crippen molar-refractivity contribution in [2.45, 2.75) is 12.8 Å². The van der Waals surface area contributed by atoms with E-state index in [1.165, 1.54) is 6.07 Å². The minimum atomic E-state index is -0.981. The van der Waals surface area contributed by atoms with E-state index >= 15 is 0 Å². The number of hydrogen-bond acceptors (Lipinski definition) is 4. The van der Waals surface area contributed by atoms with Crippen LogP contribution in [0.2, 0.25) is 0 Å². The fourth-order valence-corrected chi connectivity index (χ4v) is 2.48. The second kappa shape index (κ2) is 6.44. The zero-order chi connectivity index (χ0) is 15.5. The fourth-order valence-electron chi connectivity index (χ4n) is 2.23. The average molecular weight is 358 g/mol. The summed E-state index contributed by atoms with van der Waals surface area (Å²) in [5, 5.41) is 21.6. The van der Waals surface area contributed by atoms with Gasteiger partial charge in [0.1, 0.15) is 5.75 Å². The van der Waals surface area contributed by atoms with Gasteiger partial charge in [-0.1, -0.05) is 0 Å². The quantitative estimate of drug-likeness (QED) is 0.762. The summed E-state index contributed by atoms with van der Waals surface area (Å²) in [6.07, 6.45) is 0.738. The standard InChI is InChI=1S/C14H16BrNO5/c15-10-2-1-9(7-11(10)17)12(18)16-8-14(13(19)20)3-5-21-6-4-14/h1-2,7,17H,3-6,8H2,(H,16,18)(H,19,20). The van der Waals surface area contributed by atoms with Gasteiger partial charge in [-0.15, -0.1) is 0 Å². The highest BCUT2D eigenvalue weighted by molar-refractivity contribution is 9.10. The van der Waals surface area contributed by atoms with Crippen molar-refractivity contribution in [1.29, 1.82) is 0 Å². The van der Waals surface area contributed by atoms with Gasteiger partial charge in [0.15, 0.2) is 0 Å². The molecule has 0 radical (unpaired) electrons. The molecule has 114 valence electrons. The number of carbonyl (C=O) groups excluding carboxylic acids is 1. The van der Waals surface area contributed by atoms with Crippen LogP contribution in [-0.4, -0.2) is 41.8 Å². The second-order valence-electron chi connectivity index (χ2n) is 5.05. The topological polar surface area (TPSA) is 95.9 Å². The molecule has 3 N–H and O–H groups in total. The number of amides is 1. The van der Waals surface area contributed by atoms with Crippen LogP contribution in [-0.2, 0) is 9.53 Å². The van der Waals surface area contributed by atoms with Crippen LogP contribution >= 0.6 is 15.9 Å². The van der Waals surface area contributed by atoms with Crippen molar-refractivity contribution in [1.82, 2.24) is 5.32 Å². The van der Waals surface area contributed by atoms with Gasteiger partial charge in [-0.2, -0.15) is 0 Å². The number of carboxylic acids is 1. The Hall–Kier alpha value is -1.60. The number of halogens is 1. The third-order valence-corrected chi connectivity index (χ3v) is 4.37. The molecule has 7 heteroatoms. The van der Waals surface area contributed by atoms with Crippen LogP contribution in [0.5, 0.6) is 5.75 Å². The van der Waals surface area contributed by atoms with Crippen LogP contribution in [0.15, 0.2) is 22.7 Å². The second-order valence-corrected chi connectivity index (χ2v) is 5.90. The lowest BCUT2D eigenvalue weighted by molar-refractivity contribution is -0.154. The third-order valence-electron chi connectivity index (χ3n) is 3.70. The molecule has 0 unspecified atom stereocenters. The Labute approximate surface area is 130 Å². The van der Waals surface area contributed by atoms with E-state index in [1.807, 2.05) is 0 Å². The van der Waals surface area contributed by atoms with Crippen LogP contribution in [0.25, 0.3) is 0 Å². The summed E-state index contributed by atoms with van der Waals surface area (Å²) in [5.74, 6) is -1.38. The molecule has 1 aliphatic rings. The summed E-state index contributed by atoms with van der Waals surface area (Å²) in [4.78, 5) is 23.5. The molecule has 0 atom stereocenters. The van der Waals surface area contributed by atoms with E-state index in [2.05, 4.69) is 21.2 Å². The van der Waals surface area contributed by atoms with Crippen LogP contribution in [0.3, 0.4) is 0 Å². The van der Waals surface area contributed by atoms with Gasteiger partial charge in [-0.25, -0.2) is 0 Å². The van der Waals surface area contributed by atoms with E-state index in [9.17, 15) is 19.8 Å². The molecule has 1 aromatic carbocycles. The summed E-state index contributed by atoms with van der Waals surface area (Å²) in [5.41, 5.74) is -0.700. The fraction of sp³-hybridized carbons (Fsp3) is 0.429. The van der Waals surface area contributed by atoms with Crippen LogP contribution in [0, 0.1) is 5.41 Å². The molecule has 0 spiro atoms. The van der Waals surface area contributed by atoms with Crippen molar-refractivity contribution in [3.8, 4) is 5.75 Å². The maximum atomic E-state index is 12.1. The Kier molecular flexibility index (Phi) is 4.84. The molecule has 0 bridgehead atoms. The Morgan fingerprint density at radius 2 is 2.00 bits per heavy atom. The highest BCUT2D eigenvalue weighted by atomic mass is 79.9. The van der Waals surface area contributed by atoms with Gasteiger partial charge in [-0.05, 0) is 47.0 Å². The first kappa shape index (κ1) is 15.8. The number of aliphatic carboxylic acids is 1. The third kappa shape index (κ3) is 3.54. The molecule has 1 aliphatic heterocycles. The normalized spacial score (nSPS) is 17.2. The van der Waals surface area contributed by atoms with Crippen molar-refractivity contribution in [3.05, 3.63) is 28.2 Å². The summed E-state index contributed by atoms with van der Waals surface area (Å²) < 4.78 is 5.67. The highest BCUT2D eigenvalue weighted by Crippen LogP contribution is 2.30. The molecule has 6 nitrogen and oxygen atoms in total. The van der Waals surface area contributed by atoms with Crippen molar-refractivity contribution >= 4 is 27.8 Å². The zero-order valence-electron chi connectivity index (χ0n) is 11.3. The molecule has 1 fully saturated rings. The van der Waals surface area contributed by atoms with Crippen molar-refractivity contribution in [3.63, 3.8) is 0 Å².